The zero-order valence-corrected chi connectivity index (χ0v) is 15.9. The Morgan fingerprint density at radius 3 is 2.71 bits per heavy atom. The Bertz CT molecular complexity index is 940. The monoisotopic (exact) mass is 380 g/mol. The van der Waals surface area contributed by atoms with Crippen LogP contribution in [-0.4, -0.2) is 45.9 Å². The highest BCUT2D eigenvalue weighted by molar-refractivity contribution is 5.81. The van der Waals surface area contributed by atoms with E-state index < -0.39 is 6.04 Å². The average Bonchev–Trinajstić information content (AvgIpc) is 2.69. The molecule has 146 valence electrons. The highest BCUT2D eigenvalue weighted by atomic mass is 16.2. The average molecular weight is 380 g/mol. The Morgan fingerprint density at radius 1 is 1.18 bits per heavy atom. The van der Waals surface area contributed by atoms with Gasteiger partial charge in [0.25, 0.3) is 5.56 Å². The highest BCUT2D eigenvalue weighted by Crippen LogP contribution is 2.41. The van der Waals surface area contributed by atoms with Gasteiger partial charge >= 0.3 is 0 Å². The first kappa shape index (κ1) is 18.4. The summed E-state index contributed by atoms with van der Waals surface area (Å²) < 4.78 is 1.65. The lowest BCUT2D eigenvalue weighted by Crippen LogP contribution is -2.54. The molecule has 0 unspecified atom stereocenters. The van der Waals surface area contributed by atoms with Crippen molar-refractivity contribution in [1.29, 1.82) is 0 Å². The van der Waals surface area contributed by atoms with Crippen LogP contribution in [0.5, 0.6) is 0 Å². The summed E-state index contributed by atoms with van der Waals surface area (Å²) in [6.07, 6.45) is 4.97. The number of nitrogens with one attached hydrogen (secondary N) is 1. The van der Waals surface area contributed by atoms with E-state index in [4.69, 9.17) is 0 Å². The summed E-state index contributed by atoms with van der Waals surface area (Å²) >= 11 is 0. The van der Waals surface area contributed by atoms with Crippen LogP contribution < -0.4 is 10.9 Å². The van der Waals surface area contributed by atoms with Gasteiger partial charge in [-0.1, -0.05) is 6.07 Å². The summed E-state index contributed by atoms with van der Waals surface area (Å²) in [5.74, 6) is -0.107. The third kappa shape index (κ3) is 3.44. The molecule has 0 spiro atoms. The van der Waals surface area contributed by atoms with Gasteiger partial charge in [0.2, 0.25) is 11.8 Å². The molecule has 1 saturated heterocycles. The number of rotatable bonds is 4. The van der Waals surface area contributed by atoms with Crippen molar-refractivity contribution >= 4 is 11.8 Å². The van der Waals surface area contributed by atoms with Crippen LogP contribution in [0.1, 0.15) is 36.6 Å². The van der Waals surface area contributed by atoms with E-state index in [0.29, 0.717) is 26.1 Å². The van der Waals surface area contributed by atoms with Crippen molar-refractivity contribution in [3.05, 3.63) is 64.3 Å². The van der Waals surface area contributed by atoms with Gasteiger partial charge in [0.15, 0.2) is 0 Å². The van der Waals surface area contributed by atoms with E-state index in [2.05, 4.69) is 10.3 Å². The first-order valence-corrected chi connectivity index (χ1v) is 9.68. The number of carbonyl (C=O) groups excluding carboxylic acids is 2. The number of carbonyl (C=O) groups is 2. The van der Waals surface area contributed by atoms with Gasteiger partial charge in [-0.15, -0.1) is 0 Å². The summed E-state index contributed by atoms with van der Waals surface area (Å²) in [6, 6.07) is 8.40. The Hall–Kier alpha value is -2.96. The number of nitrogens with zero attached hydrogens (tertiary/aromatic N) is 3. The lowest BCUT2D eigenvalue weighted by atomic mass is 9.78. The maximum Gasteiger partial charge on any atom is 0.251 e. The predicted molar refractivity (Wildman–Crippen MR) is 104 cm³/mol. The molecular formula is C21H24N4O3. The molecule has 7 heteroatoms. The van der Waals surface area contributed by atoms with Crippen LogP contribution in [0.4, 0.5) is 0 Å². The number of hydrogen-bond donors (Lipinski definition) is 1. The second-order valence-corrected chi connectivity index (χ2v) is 7.62. The zero-order valence-electron chi connectivity index (χ0n) is 15.9. The van der Waals surface area contributed by atoms with Gasteiger partial charge in [0, 0.05) is 62.5 Å². The molecule has 2 aromatic heterocycles. The van der Waals surface area contributed by atoms with Gasteiger partial charge in [-0.05, 0) is 36.6 Å². The molecule has 28 heavy (non-hydrogen) atoms. The molecule has 2 aliphatic heterocycles. The van der Waals surface area contributed by atoms with E-state index in [1.807, 2.05) is 18.2 Å². The minimum absolute atomic E-state index is 0.0123. The van der Waals surface area contributed by atoms with Crippen molar-refractivity contribution in [2.24, 2.45) is 5.92 Å². The molecule has 2 aromatic rings. The number of fused-ring (bicyclic) bond motifs is 4. The number of amides is 2. The standard InChI is InChI=1S/C21H24N4O3/c1-14(26)24-12-16-11-17(13-24)20(25-18(16)3-2-4-19(25)27)21(28)23-10-7-15-5-8-22-9-6-15/h2-6,8-9,16-17,20H,7,10-13H2,1H3,(H,23,28)/t16-,17+,20-/m1/s1. The van der Waals surface area contributed by atoms with Crippen LogP contribution in [0.3, 0.4) is 0 Å². The molecule has 1 fully saturated rings. The quantitative estimate of drug-likeness (QED) is 0.861. The van der Waals surface area contributed by atoms with Gasteiger partial charge in [-0.25, -0.2) is 0 Å². The first-order valence-electron chi connectivity index (χ1n) is 9.68. The van der Waals surface area contributed by atoms with Crippen LogP contribution in [0, 0.1) is 5.92 Å². The van der Waals surface area contributed by atoms with E-state index >= 15 is 0 Å². The Labute approximate surface area is 163 Å². The molecule has 3 atom stereocenters. The largest absolute Gasteiger partial charge is 0.354 e. The predicted octanol–water partition coefficient (Wildman–Crippen LogP) is 1.11. The van der Waals surface area contributed by atoms with E-state index in [1.54, 1.807) is 34.9 Å². The van der Waals surface area contributed by atoms with Crippen LogP contribution in [0.2, 0.25) is 0 Å². The second-order valence-electron chi connectivity index (χ2n) is 7.62. The smallest absolute Gasteiger partial charge is 0.251 e. The van der Waals surface area contributed by atoms with Crippen LogP contribution in [0.15, 0.2) is 47.5 Å². The van der Waals surface area contributed by atoms with Crippen LogP contribution >= 0.6 is 0 Å². The van der Waals surface area contributed by atoms with Gasteiger partial charge in [0.1, 0.15) is 6.04 Å². The molecule has 7 nitrogen and oxygen atoms in total. The topological polar surface area (TPSA) is 84.3 Å². The maximum absolute atomic E-state index is 13.1. The molecule has 2 amide bonds. The van der Waals surface area contributed by atoms with Crippen molar-refractivity contribution in [1.82, 2.24) is 19.8 Å². The van der Waals surface area contributed by atoms with Crippen molar-refractivity contribution in [2.75, 3.05) is 19.6 Å². The van der Waals surface area contributed by atoms with Gasteiger partial charge < -0.3 is 10.2 Å². The molecule has 0 aromatic carbocycles. The molecule has 2 aliphatic rings. The van der Waals surface area contributed by atoms with Gasteiger partial charge in [-0.2, -0.15) is 0 Å². The Morgan fingerprint density at radius 2 is 1.96 bits per heavy atom. The third-order valence-electron chi connectivity index (χ3n) is 5.82. The van der Waals surface area contributed by atoms with Crippen LogP contribution in [-0.2, 0) is 16.0 Å². The SMILES string of the molecule is CC(=O)N1C[C@H]2C[C@@H](C1)[C@H](C(=O)NCCc1ccncc1)n1c2cccc1=O. The van der Waals surface area contributed by atoms with Crippen molar-refractivity contribution in [3.63, 3.8) is 0 Å². The fraction of sp³-hybridized carbons (Fsp3) is 0.429. The molecule has 2 bridgehead atoms. The molecule has 0 aliphatic carbocycles. The summed E-state index contributed by atoms with van der Waals surface area (Å²) in [5, 5.41) is 2.99. The zero-order chi connectivity index (χ0) is 19.7. The molecule has 0 saturated carbocycles. The van der Waals surface area contributed by atoms with Gasteiger partial charge in [0.05, 0.1) is 0 Å². The number of hydrogen-bond acceptors (Lipinski definition) is 4. The summed E-state index contributed by atoms with van der Waals surface area (Å²) in [7, 11) is 0. The first-order chi connectivity index (χ1) is 13.5. The summed E-state index contributed by atoms with van der Waals surface area (Å²) in [5.41, 5.74) is 1.79. The molecule has 0 radical (unpaired) electrons. The number of piperidine rings is 1. The highest BCUT2D eigenvalue weighted by Gasteiger charge is 2.44. The minimum atomic E-state index is -0.584. The van der Waals surface area contributed by atoms with Crippen LogP contribution in [0.25, 0.3) is 0 Å². The third-order valence-corrected chi connectivity index (χ3v) is 5.82. The second kappa shape index (κ2) is 7.58. The number of aromatic nitrogens is 2. The summed E-state index contributed by atoms with van der Waals surface area (Å²) in [6.45, 7) is 3.16. The number of likely N-dealkylation sites (tertiary alicyclic amines) is 1. The van der Waals surface area contributed by atoms with Crippen molar-refractivity contribution in [3.8, 4) is 0 Å². The van der Waals surface area contributed by atoms with E-state index in [0.717, 1.165) is 17.7 Å². The molecular weight excluding hydrogens is 356 g/mol. The maximum atomic E-state index is 13.1. The van der Waals surface area contributed by atoms with Gasteiger partial charge in [-0.3, -0.25) is 23.9 Å². The number of pyridine rings is 2. The molecule has 4 heterocycles. The van der Waals surface area contributed by atoms with E-state index in [-0.39, 0.29) is 29.2 Å². The summed E-state index contributed by atoms with van der Waals surface area (Å²) in [4.78, 5) is 43.5. The normalized spacial score (nSPS) is 23.0. The van der Waals surface area contributed by atoms with Crippen molar-refractivity contribution in [2.45, 2.75) is 31.7 Å². The lowest BCUT2D eigenvalue weighted by molar-refractivity contribution is -0.135. The molecule has 1 N–H and O–H groups in total. The Kier molecular flexibility index (Phi) is 4.98. The fourth-order valence-corrected chi connectivity index (χ4v) is 4.51. The molecule has 4 rings (SSSR count). The lowest BCUT2D eigenvalue weighted by Gasteiger charge is -2.46. The Balaban J connectivity index is 1.57. The minimum Gasteiger partial charge on any atom is -0.354 e. The van der Waals surface area contributed by atoms with E-state index in [1.165, 1.54) is 6.07 Å². The van der Waals surface area contributed by atoms with E-state index in [9.17, 15) is 14.4 Å². The fourth-order valence-electron chi connectivity index (χ4n) is 4.51. The van der Waals surface area contributed by atoms with Crippen molar-refractivity contribution < 1.29 is 9.59 Å².